The van der Waals surface area contributed by atoms with Crippen LogP contribution in [0.15, 0.2) is 60.8 Å². The number of pyridine rings is 1. The minimum atomic E-state index is 0.773. The van der Waals surface area contributed by atoms with Crippen molar-refractivity contribution in [2.45, 2.75) is 0 Å². The van der Waals surface area contributed by atoms with Gasteiger partial charge in [0, 0.05) is 19.3 Å². The van der Waals surface area contributed by atoms with Crippen LogP contribution in [0.3, 0.4) is 0 Å². The monoisotopic (exact) mass is 250 g/mol. The molecule has 3 aromatic rings. The second-order valence-corrected chi connectivity index (χ2v) is 4.24. The van der Waals surface area contributed by atoms with E-state index in [1.54, 1.807) is 6.20 Å². The first-order valence-corrected chi connectivity index (χ1v) is 6.15. The van der Waals surface area contributed by atoms with Crippen LogP contribution in [0.1, 0.15) is 0 Å². The van der Waals surface area contributed by atoms with Crippen LogP contribution >= 0.6 is 0 Å². The van der Waals surface area contributed by atoms with Gasteiger partial charge in [-0.1, -0.05) is 30.3 Å². The molecule has 1 heterocycles. The SMILES string of the molecule is CNc1cc(Oc2ccc3ccccc3c2)ccn1. The zero-order valence-electron chi connectivity index (χ0n) is 10.6. The fourth-order valence-corrected chi connectivity index (χ4v) is 1.98. The molecule has 0 aliphatic rings. The molecule has 0 unspecified atom stereocenters. The fraction of sp³-hybridized carbons (Fsp3) is 0.0625. The Balaban J connectivity index is 1.92. The standard InChI is InChI=1S/C16H14N2O/c1-17-16-11-15(8-9-18-16)19-14-7-6-12-4-2-3-5-13(12)10-14/h2-11H,1H3,(H,17,18). The fourth-order valence-electron chi connectivity index (χ4n) is 1.98. The van der Waals surface area contributed by atoms with E-state index in [0.717, 1.165) is 17.3 Å². The van der Waals surface area contributed by atoms with Gasteiger partial charge in [0.1, 0.15) is 17.3 Å². The number of rotatable bonds is 3. The van der Waals surface area contributed by atoms with Crippen LogP contribution in [0, 0.1) is 0 Å². The number of aromatic nitrogens is 1. The Morgan fingerprint density at radius 1 is 0.895 bits per heavy atom. The van der Waals surface area contributed by atoms with Crippen molar-refractivity contribution >= 4 is 16.6 Å². The molecule has 2 aromatic carbocycles. The predicted molar refractivity (Wildman–Crippen MR) is 77.8 cm³/mol. The Morgan fingerprint density at radius 3 is 2.53 bits per heavy atom. The van der Waals surface area contributed by atoms with Gasteiger partial charge in [-0.15, -0.1) is 0 Å². The van der Waals surface area contributed by atoms with Crippen LogP contribution in [-0.4, -0.2) is 12.0 Å². The lowest BCUT2D eigenvalue weighted by Gasteiger charge is -2.08. The lowest BCUT2D eigenvalue weighted by Crippen LogP contribution is -1.92. The van der Waals surface area contributed by atoms with Crippen molar-refractivity contribution in [3.05, 3.63) is 60.8 Å². The van der Waals surface area contributed by atoms with Gasteiger partial charge < -0.3 is 10.1 Å². The highest BCUT2D eigenvalue weighted by Gasteiger charge is 2.00. The van der Waals surface area contributed by atoms with Crippen molar-refractivity contribution in [3.8, 4) is 11.5 Å². The molecular weight excluding hydrogens is 236 g/mol. The Labute approximate surface area is 111 Å². The molecule has 3 nitrogen and oxygen atoms in total. The molecule has 0 radical (unpaired) electrons. The molecule has 1 N–H and O–H groups in total. The predicted octanol–water partition coefficient (Wildman–Crippen LogP) is 4.07. The third-order valence-corrected chi connectivity index (χ3v) is 2.94. The van der Waals surface area contributed by atoms with Crippen LogP contribution in [0.4, 0.5) is 5.82 Å². The maximum Gasteiger partial charge on any atom is 0.132 e. The molecule has 0 spiro atoms. The summed E-state index contributed by atoms with van der Waals surface area (Å²) in [5, 5.41) is 5.37. The van der Waals surface area contributed by atoms with E-state index in [1.807, 2.05) is 43.4 Å². The minimum Gasteiger partial charge on any atom is -0.457 e. The molecule has 19 heavy (non-hydrogen) atoms. The molecule has 0 aliphatic heterocycles. The normalized spacial score (nSPS) is 10.4. The van der Waals surface area contributed by atoms with Crippen molar-refractivity contribution < 1.29 is 4.74 Å². The van der Waals surface area contributed by atoms with E-state index in [0.29, 0.717) is 0 Å². The van der Waals surface area contributed by atoms with Gasteiger partial charge in [0.05, 0.1) is 0 Å². The summed E-state index contributed by atoms with van der Waals surface area (Å²) in [6, 6.07) is 18.0. The molecule has 1 aromatic heterocycles. The molecule has 0 fully saturated rings. The average molecular weight is 250 g/mol. The Morgan fingerprint density at radius 2 is 1.68 bits per heavy atom. The van der Waals surface area contributed by atoms with Gasteiger partial charge in [-0.25, -0.2) is 4.98 Å². The van der Waals surface area contributed by atoms with Gasteiger partial charge >= 0.3 is 0 Å². The summed E-state index contributed by atoms with van der Waals surface area (Å²) in [4.78, 5) is 4.16. The zero-order chi connectivity index (χ0) is 13.1. The number of ether oxygens (including phenoxy) is 1. The molecule has 3 rings (SSSR count). The summed E-state index contributed by atoms with van der Waals surface area (Å²) >= 11 is 0. The van der Waals surface area contributed by atoms with Gasteiger partial charge in [-0.05, 0) is 29.0 Å². The molecule has 0 saturated heterocycles. The lowest BCUT2D eigenvalue weighted by atomic mass is 10.1. The third-order valence-electron chi connectivity index (χ3n) is 2.94. The molecule has 3 heteroatoms. The topological polar surface area (TPSA) is 34.1 Å². The van der Waals surface area contributed by atoms with Crippen LogP contribution in [0.2, 0.25) is 0 Å². The molecule has 0 amide bonds. The highest BCUT2D eigenvalue weighted by Crippen LogP contribution is 2.26. The Kier molecular flexibility index (Phi) is 3.02. The number of nitrogens with one attached hydrogen (secondary N) is 1. The number of hydrogen-bond donors (Lipinski definition) is 1. The van der Waals surface area contributed by atoms with Gasteiger partial charge in [-0.2, -0.15) is 0 Å². The summed E-state index contributed by atoms with van der Waals surface area (Å²) in [6.07, 6.45) is 1.72. The number of anilines is 1. The molecular formula is C16H14N2O. The van der Waals surface area contributed by atoms with E-state index in [9.17, 15) is 0 Å². The zero-order valence-corrected chi connectivity index (χ0v) is 10.6. The van der Waals surface area contributed by atoms with E-state index in [1.165, 1.54) is 10.8 Å². The van der Waals surface area contributed by atoms with Crippen LogP contribution in [-0.2, 0) is 0 Å². The molecule has 0 aliphatic carbocycles. The lowest BCUT2D eigenvalue weighted by molar-refractivity contribution is 0.483. The van der Waals surface area contributed by atoms with E-state index in [4.69, 9.17) is 4.74 Å². The first kappa shape index (κ1) is 11.5. The number of hydrogen-bond acceptors (Lipinski definition) is 3. The van der Waals surface area contributed by atoms with E-state index < -0.39 is 0 Å². The van der Waals surface area contributed by atoms with Crippen LogP contribution in [0.25, 0.3) is 10.8 Å². The maximum atomic E-state index is 5.85. The quantitative estimate of drug-likeness (QED) is 0.760. The van der Waals surface area contributed by atoms with Crippen LogP contribution in [0.5, 0.6) is 11.5 Å². The van der Waals surface area contributed by atoms with Gasteiger partial charge in [-0.3, -0.25) is 0 Å². The summed E-state index contributed by atoms with van der Waals surface area (Å²) in [5.41, 5.74) is 0. The third kappa shape index (κ3) is 2.50. The molecule has 0 atom stereocenters. The number of fused-ring (bicyclic) bond motifs is 1. The second-order valence-electron chi connectivity index (χ2n) is 4.24. The number of nitrogens with zero attached hydrogens (tertiary/aromatic N) is 1. The highest BCUT2D eigenvalue weighted by atomic mass is 16.5. The average Bonchev–Trinajstić information content (AvgIpc) is 2.47. The van der Waals surface area contributed by atoms with Gasteiger partial charge in [0.15, 0.2) is 0 Å². The van der Waals surface area contributed by atoms with E-state index >= 15 is 0 Å². The molecule has 94 valence electrons. The van der Waals surface area contributed by atoms with Crippen molar-refractivity contribution in [3.63, 3.8) is 0 Å². The van der Waals surface area contributed by atoms with Crippen molar-refractivity contribution in [2.75, 3.05) is 12.4 Å². The highest BCUT2D eigenvalue weighted by molar-refractivity contribution is 5.83. The smallest absolute Gasteiger partial charge is 0.132 e. The Hall–Kier alpha value is -2.55. The molecule has 0 bridgehead atoms. The molecule has 0 saturated carbocycles. The number of benzene rings is 2. The summed E-state index contributed by atoms with van der Waals surface area (Å²) in [6.45, 7) is 0. The van der Waals surface area contributed by atoms with E-state index in [2.05, 4.69) is 28.5 Å². The maximum absolute atomic E-state index is 5.85. The van der Waals surface area contributed by atoms with E-state index in [-0.39, 0.29) is 0 Å². The van der Waals surface area contributed by atoms with Crippen LogP contribution < -0.4 is 10.1 Å². The first-order chi connectivity index (χ1) is 9.35. The summed E-state index contributed by atoms with van der Waals surface area (Å²) in [7, 11) is 1.84. The van der Waals surface area contributed by atoms with Crippen molar-refractivity contribution in [1.29, 1.82) is 0 Å². The minimum absolute atomic E-state index is 0.773. The summed E-state index contributed by atoms with van der Waals surface area (Å²) < 4.78 is 5.85. The van der Waals surface area contributed by atoms with Gasteiger partial charge in [0.25, 0.3) is 0 Å². The van der Waals surface area contributed by atoms with Gasteiger partial charge in [0.2, 0.25) is 0 Å². The Bertz CT molecular complexity index is 710. The second kappa shape index (κ2) is 4.98. The largest absolute Gasteiger partial charge is 0.457 e. The summed E-state index contributed by atoms with van der Waals surface area (Å²) in [5.74, 6) is 2.39. The first-order valence-electron chi connectivity index (χ1n) is 6.15. The van der Waals surface area contributed by atoms with Crippen molar-refractivity contribution in [1.82, 2.24) is 4.98 Å². The van der Waals surface area contributed by atoms with Crippen molar-refractivity contribution in [2.24, 2.45) is 0 Å².